The molecule has 0 aliphatic carbocycles. The molecule has 1 aliphatic rings. The number of hydrogen-bond donors (Lipinski definition) is 1. The number of aryl methyl sites for hydroxylation is 1. The van der Waals surface area contributed by atoms with Gasteiger partial charge in [-0.05, 0) is 51.3 Å². The number of nitrogens with zero attached hydrogens (tertiary/aromatic N) is 3. The van der Waals surface area contributed by atoms with E-state index in [1.807, 2.05) is 25.1 Å². The highest BCUT2D eigenvalue weighted by Crippen LogP contribution is 2.26. The van der Waals surface area contributed by atoms with Gasteiger partial charge in [0.2, 0.25) is 0 Å². The molecule has 0 radical (unpaired) electrons. The summed E-state index contributed by atoms with van der Waals surface area (Å²) in [4.78, 5) is 24.6. The standard InChI is InChI=1S/C19H26N4OS/c1-13-7-6-10-23(11-13)12-14(2)21-18(24)17-15(3)22-19(25-17)16-8-4-5-9-20-16/h4-5,8-9,13-14H,6-7,10-12H2,1-3H3,(H,21,24). The summed E-state index contributed by atoms with van der Waals surface area (Å²) in [6.07, 6.45) is 4.31. The maximum Gasteiger partial charge on any atom is 0.263 e. The summed E-state index contributed by atoms with van der Waals surface area (Å²) in [6.45, 7) is 9.43. The fourth-order valence-electron chi connectivity index (χ4n) is 3.38. The quantitative estimate of drug-likeness (QED) is 0.890. The van der Waals surface area contributed by atoms with Crippen molar-refractivity contribution in [2.45, 2.75) is 39.7 Å². The average Bonchev–Trinajstić information content (AvgIpc) is 2.97. The first-order valence-corrected chi connectivity index (χ1v) is 9.76. The molecule has 0 aromatic carbocycles. The SMILES string of the molecule is Cc1nc(-c2ccccn2)sc1C(=O)NC(C)CN1CCCC(C)C1. The molecule has 1 N–H and O–H groups in total. The number of thiazole rings is 1. The molecule has 0 saturated carbocycles. The molecule has 5 nitrogen and oxygen atoms in total. The van der Waals surface area contributed by atoms with Crippen molar-refractivity contribution >= 4 is 17.2 Å². The van der Waals surface area contributed by atoms with E-state index in [9.17, 15) is 4.79 Å². The van der Waals surface area contributed by atoms with Crippen LogP contribution in [0.15, 0.2) is 24.4 Å². The Morgan fingerprint density at radius 2 is 2.32 bits per heavy atom. The Morgan fingerprint density at radius 3 is 3.04 bits per heavy atom. The molecule has 0 spiro atoms. The number of piperidine rings is 1. The summed E-state index contributed by atoms with van der Waals surface area (Å²) in [7, 11) is 0. The number of aromatic nitrogens is 2. The Balaban J connectivity index is 1.62. The lowest BCUT2D eigenvalue weighted by atomic mass is 10.00. The van der Waals surface area contributed by atoms with Gasteiger partial charge in [-0.1, -0.05) is 13.0 Å². The minimum Gasteiger partial charge on any atom is -0.348 e. The highest BCUT2D eigenvalue weighted by molar-refractivity contribution is 7.17. The third kappa shape index (κ3) is 4.64. The summed E-state index contributed by atoms with van der Waals surface area (Å²) in [5, 5.41) is 3.93. The van der Waals surface area contributed by atoms with Gasteiger partial charge in [-0.25, -0.2) is 4.98 Å². The first kappa shape index (κ1) is 18.0. The number of pyridine rings is 1. The maximum atomic E-state index is 12.6. The van der Waals surface area contributed by atoms with Gasteiger partial charge in [-0.2, -0.15) is 0 Å². The second-order valence-electron chi connectivity index (χ2n) is 7.03. The van der Waals surface area contributed by atoms with Crippen LogP contribution in [0.4, 0.5) is 0 Å². The van der Waals surface area contributed by atoms with Gasteiger partial charge in [0.05, 0.1) is 11.4 Å². The molecule has 3 heterocycles. The van der Waals surface area contributed by atoms with Crippen molar-refractivity contribution in [1.82, 2.24) is 20.2 Å². The zero-order valence-corrected chi connectivity index (χ0v) is 16.0. The average molecular weight is 359 g/mol. The van der Waals surface area contributed by atoms with Crippen LogP contribution in [0.5, 0.6) is 0 Å². The number of nitrogens with one attached hydrogen (secondary N) is 1. The molecule has 1 saturated heterocycles. The van der Waals surface area contributed by atoms with E-state index in [0.717, 1.165) is 41.9 Å². The minimum absolute atomic E-state index is 0.0326. The lowest BCUT2D eigenvalue weighted by molar-refractivity contribution is 0.0923. The number of hydrogen-bond acceptors (Lipinski definition) is 5. The highest BCUT2D eigenvalue weighted by atomic mass is 32.1. The van der Waals surface area contributed by atoms with Gasteiger partial charge < -0.3 is 10.2 Å². The molecule has 2 aromatic heterocycles. The van der Waals surface area contributed by atoms with Crippen LogP contribution in [-0.4, -0.2) is 46.5 Å². The monoisotopic (exact) mass is 358 g/mol. The van der Waals surface area contributed by atoms with Crippen molar-refractivity contribution in [3.05, 3.63) is 35.0 Å². The van der Waals surface area contributed by atoms with Crippen molar-refractivity contribution in [2.24, 2.45) is 5.92 Å². The van der Waals surface area contributed by atoms with Crippen LogP contribution >= 0.6 is 11.3 Å². The molecule has 134 valence electrons. The second-order valence-corrected chi connectivity index (χ2v) is 8.03. The van der Waals surface area contributed by atoms with Gasteiger partial charge in [0.1, 0.15) is 9.88 Å². The van der Waals surface area contributed by atoms with Crippen LogP contribution in [-0.2, 0) is 0 Å². The van der Waals surface area contributed by atoms with Crippen molar-refractivity contribution in [1.29, 1.82) is 0 Å². The van der Waals surface area contributed by atoms with E-state index in [1.165, 1.54) is 24.2 Å². The third-order valence-corrected chi connectivity index (χ3v) is 5.72. The smallest absolute Gasteiger partial charge is 0.263 e. The van der Waals surface area contributed by atoms with Gasteiger partial charge in [0.25, 0.3) is 5.91 Å². The summed E-state index contributed by atoms with van der Waals surface area (Å²) in [5.74, 6) is 0.719. The van der Waals surface area contributed by atoms with E-state index in [-0.39, 0.29) is 11.9 Å². The van der Waals surface area contributed by atoms with Gasteiger partial charge in [-0.15, -0.1) is 11.3 Å². The zero-order chi connectivity index (χ0) is 17.8. The number of carbonyl (C=O) groups is 1. The van der Waals surface area contributed by atoms with E-state index in [0.29, 0.717) is 4.88 Å². The fraction of sp³-hybridized carbons (Fsp3) is 0.526. The Hall–Kier alpha value is -1.79. The van der Waals surface area contributed by atoms with Gasteiger partial charge in [-0.3, -0.25) is 9.78 Å². The maximum absolute atomic E-state index is 12.6. The predicted octanol–water partition coefficient (Wildman–Crippen LogP) is 3.36. The van der Waals surface area contributed by atoms with E-state index in [4.69, 9.17) is 0 Å². The van der Waals surface area contributed by atoms with Crippen molar-refractivity contribution in [2.75, 3.05) is 19.6 Å². The summed E-state index contributed by atoms with van der Waals surface area (Å²) in [6, 6.07) is 5.85. The largest absolute Gasteiger partial charge is 0.348 e. The van der Waals surface area contributed by atoms with Crippen LogP contribution < -0.4 is 5.32 Å². The van der Waals surface area contributed by atoms with Crippen LogP contribution in [0.25, 0.3) is 10.7 Å². The molecule has 25 heavy (non-hydrogen) atoms. The third-order valence-electron chi connectivity index (χ3n) is 4.54. The fourth-order valence-corrected chi connectivity index (χ4v) is 4.33. The second kappa shape index (κ2) is 8.06. The predicted molar refractivity (Wildman–Crippen MR) is 102 cm³/mol. The summed E-state index contributed by atoms with van der Waals surface area (Å²) < 4.78 is 0. The molecular weight excluding hydrogens is 332 g/mol. The number of carbonyl (C=O) groups excluding carboxylic acids is 1. The molecule has 6 heteroatoms. The Morgan fingerprint density at radius 1 is 1.48 bits per heavy atom. The molecule has 3 rings (SSSR count). The van der Waals surface area contributed by atoms with Crippen molar-refractivity contribution in [3.63, 3.8) is 0 Å². The van der Waals surface area contributed by atoms with E-state index in [1.54, 1.807) is 6.20 Å². The Labute approximate surface area is 153 Å². The van der Waals surface area contributed by atoms with Crippen LogP contribution in [0.1, 0.15) is 42.1 Å². The van der Waals surface area contributed by atoms with Gasteiger partial charge in [0.15, 0.2) is 0 Å². The van der Waals surface area contributed by atoms with E-state index < -0.39 is 0 Å². The lowest BCUT2D eigenvalue weighted by Crippen LogP contribution is -2.45. The zero-order valence-electron chi connectivity index (χ0n) is 15.2. The molecule has 1 aliphatic heterocycles. The van der Waals surface area contributed by atoms with Gasteiger partial charge in [0, 0.05) is 25.3 Å². The molecule has 2 atom stereocenters. The molecule has 2 aromatic rings. The van der Waals surface area contributed by atoms with E-state index in [2.05, 4.69) is 34.0 Å². The summed E-state index contributed by atoms with van der Waals surface area (Å²) >= 11 is 1.41. The number of likely N-dealkylation sites (tertiary alicyclic amines) is 1. The Kier molecular flexibility index (Phi) is 5.81. The van der Waals surface area contributed by atoms with Crippen molar-refractivity contribution in [3.8, 4) is 10.7 Å². The topological polar surface area (TPSA) is 58.1 Å². The lowest BCUT2D eigenvalue weighted by Gasteiger charge is -2.32. The molecule has 0 bridgehead atoms. The summed E-state index contributed by atoms with van der Waals surface area (Å²) in [5.41, 5.74) is 1.58. The molecular formula is C19H26N4OS. The van der Waals surface area contributed by atoms with E-state index >= 15 is 0 Å². The highest BCUT2D eigenvalue weighted by Gasteiger charge is 2.21. The molecule has 2 unspecified atom stereocenters. The number of rotatable bonds is 5. The molecule has 1 amide bonds. The number of amides is 1. The van der Waals surface area contributed by atoms with Crippen molar-refractivity contribution < 1.29 is 4.79 Å². The molecule has 1 fully saturated rings. The van der Waals surface area contributed by atoms with Crippen LogP contribution in [0, 0.1) is 12.8 Å². The minimum atomic E-state index is -0.0326. The first-order valence-electron chi connectivity index (χ1n) is 8.95. The normalized spacial score (nSPS) is 19.6. The first-order chi connectivity index (χ1) is 12.0. The van der Waals surface area contributed by atoms with Crippen LogP contribution in [0.2, 0.25) is 0 Å². The van der Waals surface area contributed by atoms with Gasteiger partial charge >= 0.3 is 0 Å². The van der Waals surface area contributed by atoms with Crippen LogP contribution in [0.3, 0.4) is 0 Å². The Bertz CT molecular complexity index is 715.